The van der Waals surface area contributed by atoms with Gasteiger partial charge in [-0.2, -0.15) is 0 Å². The number of fused-ring (bicyclic) bond motifs is 1. The van der Waals surface area contributed by atoms with Crippen LogP contribution in [-0.4, -0.2) is 79.2 Å². The molecule has 0 amide bonds. The van der Waals surface area contributed by atoms with Crippen molar-refractivity contribution in [2.75, 3.05) is 54.4 Å². The highest BCUT2D eigenvalue weighted by Gasteiger charge is 2.14. The van der Waals surface area contributed by atoms with E-state index in [0.29, 0.717) is 11.7 Å². The summed E-state index contributed by atoms with van der Waals surface area (Å²) in [4.78, 5) is 22.1. The summed E-state index contributed by atoms with van der Waals surface area (Å²) in [7, 11) is 8.22. The third kappa shape index (κ3) is 7.10. The van der Waals surface area contributed by atoms with E-state index in [9.17, 15) is 4.79 Å². The van der Waals surface area contributed by atoms with Crippen molar-refractivity contribution in [3.05, 3.63) is 45.2 Å². The topological polar surface area (TPSA) is 54.6 Å². The molecule has 29 heavy (non-hydrogen) atoms. The molecule has 0 fully saturated rings. The number of aromatic amines is 1. The van der Waals surface area contributed by atoms with E-state index in [-0.39, 0.29) is 5.56 Å². The molecule has 0 bridgehead atoms. The first-order chi connectivity index (χ1) is 13.7. The van der Waals surface area contributed by atoms with Gasteiger partial charge >= 0.3 is 0 Å². The van der Waals surface area contributed by atoms with Gasteiger partial charge in [-0.25, -0.2) is 0 Å². The van der Waals surface area contributed by atoms with E-state index >= 15 is 0 Å². The lowest BCUT2D eigenvalue weighted by molar-refractivity contribution is 0.321. The molecule has 7 heteroatoms. The molecule has 0 saturated heterocycles. The molecule has 1 aromatic heterocycles. The number of rotatable bonds is 9. The average molecular weight is 418 g/mol. The molecule has 0 aliphatic heterocycles. The first-order valence-corrected chi connectivity index (χ1v) is 10.5. The summed E-state index contributed by atoms with van der Waals surface area (Å²) in [5.41, 5.74) is 3.96. The fraction of sp³-hybridized carbons (Fsp3) is 0.545. The molecule has 2 N–H and O–H groups in total. The van der Waals surface area contributed by atoms with Crippen LogP contribution in [0.2, 0.25) is 0 Å². The first-order valence-electron chi connectivity index (χ1n) is 10.1. The molecule has 6 nitrogen and oxygen atoms in total. The highest BCUT2D eigenvalue weighted by atomic mass is 32.1. The summed E-state index contributed by atoms with van der Waals surface area (Å²) >= 11 is 5.65. The SMILES string of the molecule is Cc1cc2cc(CN(CCN(C)C)C(=S)NCCCN(C)C)c(=O)[nH]c2cc1C. The number of aromatic nitrogens is 1. The Morgan fingerprint density at radius 3 is 2.31 bits per heavy atom. The van der Waals surface area contributed by atoms with Gasteiger partial charge in [-0.05, 0) is 102 Å². The maximum atomic E-state index is 12.7. The maximum Gasteiger partial charge on any atom is 0.253 e. The number of H-pyrrole nitrogens is 1. The summed E-state index contributed by atoms with van der Waals surface area (Å²) in [5, 5.41) is 5.11. The molecule has 0 spiro atoms. The van der Waals surface area contributed by atoms with E-state index in [4.69, 9.17) is 12.2 Å². The van der Waals surface area contributed by atoms with Gasteiger partial charge in [-0.15, -0.1) is 0 Å². The van der Waals surface area contributed by atoms with Crippen LogP contribution in [0.1, 0.15) is 23.1 Å². The van der Waals surface area contributed by atoms with Crippen molar-refractivity contribution in [1.29, 1.82) is 0 Å². The Morgan fingerprint density at radius 1 is 1.00 bits per heavy atom. The summed E-state index contributed by atoms with van der Waals surface area (Å²) in [6.45, 7) is 8.10. The van der Waals surface area contributed by atoms with Crippen molar-refractivity contribution in [2.45, 2.75) is 26.8 Å². The average Bonchev–Trinajstić information content (AvgIpc) is 2.63. The van der Waals surface area contributed by atoms with E-state index in [1.807, 2.05) is 26.2 Å². The zero-order valence-electron chi connectivity index (χ0n) is 18.6. The lowest BCUT2D eigenvalue weighted by atomic mass is 10.0. The van der Waals surface area contributed by atoms with Gasteiger partial charge in [0.15, 0.2) is 5.11 Å². The lowest BCUT2D eigenvalue weighted by Crippen LogP contribution is -2.43. The second-order valence-corrected chi connectivity index (χ2v) is 8.65. The number of thiocarbonyl (C=S) groups is 1. The Morgan fingerprint density at radius 2 is 1.66 bits per heavy atom. The molecule has 0 aliphatic rings. The number of hydrogen-bond acceptors (Lipinski definition) is 4. The van der Waals surface area contributed by atoms with Gasteiger partial charge in [0.25, 0.3) is 5.56 Å². The largest absolute Gasteiger partial charge is 0.363 e. The highest BCUT2D eigenvalue weighted by molar-refractivity contribution is 7.80. The monoisotopic (exact) mass is 417 g/mol. The lowest BCUT2D eigenvalue weighted by Gasteiger charge is -2.27. The number of nitrogens with zero attached hydrogens (tertiary/aromatic N) is 3. The zero-order valence-corrected chi connectivity index (χ0v) is 19.4. The van der Waals surface area contributed by atoms with Gasteiger partial charge in [0.05, 0.1) is 6.54 Å². The normalized spacial score (nSPS) is 11.4. The third-order valence-corrected chi connectivity index (χ3v) is 5.46. The number of pyridine rings is 1. The standard InChI is InChI=1S/C22H35N5OS/c1-16-12-18-14-19(21(28)24-20(18)13-17(16)2)15-27(11-10-26(5)6)22(29)23-8-7-9-25(3)4/h12-14H,7-11,15H2,1-6H3,(H,23,29)(H,24,28). The minimum atomic E-state index is -0.0500. The Labute approximate surface area is 179 Å². The number of hydrogen-bond donors (Lipinski definition) is 2. The zero-order chi connectivity index (χ0) is 21.6. The van der Waals surface area contributed by atoms with Crippen molar-refractivity contribution >= 4 is 28.2 Å². The third-order valence-electron chi connectivity index (χ3n) is 5.06. The minimum absolute atomic E-state index is 0.0500. The van der Waals surface area contributed by atoms with Gasteiger partial charge in [0, 0.05) is 30.7 Å². The Hall–Kier alpha value is -1.96. The first kappa shape index (κ1) is 23.3. The number of likely N-dealkylation sites (N-methyl/N-ethyl adjacent to an activating group) is 1. The molecular formula is C22H35N5OS. The molecule has 160 valence electrons. The minimum Gasteiger partial charge on any atom is -0.363 e. The van der Waals surface area contributed by atoms with Gasteiger partial charge in [-0.1, -0.05) is 0 Å². The van der Waals surface area contributed by atoms with Crippen LogP contribution in [0.5, 0.6) is 0 Å². The second-order valence-electron chi connectivity index (χ2n) is 8.26. The number of nitrogens with one attached hydrogen (secondary N) is 2. The fourth-order valence-corrected chi connectivity index (χ4v) is 3.38. The van der Waals surface area contributed by atoms with Crippen LogP contribution in [0.4, 0.5) is 0 Å². The molecule has 0 saturated carbocycles. The predicted octanol–water partition coefficient (Wildman–Crippen LogP) is 2.33. The molecule has 2 rings (SSSR count). The van der Waals surface area contributed by atoms with Crippen LogP contribution >= 0.6 is 12.2 Å². The van der Waals surface area contributed by atoms with Gasteiger partial charge in [0.1, 0.15) is 0 Å². The molecule has 0 atom stereocenters. The van der Waals surface area contributed by atoms with Gasteiger partial charge < -0.3 is 25.0 Å². The van der Waals surface area contributed by atoms with Crippen LogP contribution in [-0.2, 0) is 6.54 Å². The molecule has 1 aromatic carbocycles. The van der Waals surface area contributed by atoms with E-state index in [0.717, 1.165) is 49.1 Å². The van der Waals surface area contributed by atoms with E-state index < -0.39 is 0 Å². The van der Waals surface area contributed by atoms with Crippen molar-refractivity contribution in [3.63, 3.8) is 0 Å². The van der Waals surface area contributed by atoms with E-state index in [2.05, 4.69) is 59.0 Å². The van der Waals surface area contributed by atoms with Crippen LogP contribution in [0.15, 0.2) is 23.0 Å². The molecule has 0 aliphatic carbocycles. The van der Waals surface area contributed by atoms with Gasteiger partial charge in [-0.3, -0.25) is 4.79 Å². The fourth-order valence-electron chi connectivity index (χ4n) is 3.12. The van der Waals surface area contributed by atoms with E-state index in [1.165, 1.54) is 11.1 Å². The van der Waals surface area contributed by atoms with Crippen molar-refractivity contribution in [3.8, 4) is 0 Å². The molecule has 2 aromatic rings. The van der Waals surface area contributed by atoms with Crippen molar-refractivity contribution < 1.29 is 0 Å². The summed E-state index contributed by atoms with van der Waals surface area (Å²) < 4.78 is 0. The van der Waals surface area contributed by atoms with E-state index in [1.54, 1.807) is 0 Å². The predicted molar refractivity (Wildman–Crippen MR) is 127 cm³/mol. The van der Waals surface area contributed by atoms with Crippen molar-refractivity contribution in [1.82, 2.24) is 25.0 Å². The molecule has 1 heterocycles. The molecular weight excluding hydrogens is 382 g/mol. The quantitative estimate of drug-likeness (QED) is 0.483. The van der Waals surface area contributed by atoms with Gasteiger partial charge in [0.2, 0.25) is 0 Å². The van der Waals surface area contributed by atoms with Crippen LogP contribution in [0.3, 0.4) is 0 Å². The second kappa shape index (κ2) is 10.7. The summed E-state index contributed by atoms with van der Waals surface area (Å²) in [6, 6.07) is 6.17. The van der Waals surface area contributed by atoms with Crippen LogP contribution in [0, 0.1) is 13.8 Å². The maximum absolute atomic E-state index is 12.7. The molecule has 0 unspecified atom stereocenters. The van der Waals surface area contributed by atoms with Crippen molar-refractivity contribution in [2.24, 2.45) is 0 Å². The summed E-state index contributed by atoms with van der Waals surface area (Å²) in [5.74, 6) is 0. The summed E-state index contributed by atoms with van der Waals surface area (Å²) in [6.07, 6.45) is 1.02. The Balaban J connectivity index is 2.18. The molecule has 0 radical (unpaired) electrons. The number of benzene rings is 1. The van der Waals surface area contributed by atoms with Crippen LogP contribution in [0.25, 0.3) is 10.9 Å². The van der Waals surface area contributed by atoms with Crippen LogP contribution < -0.4 is 10.9 Å². The Kier molecular flexibility index (Phi) is 8.61. The highest BCUT2D eigenvalue weighted by Crippen LogP contribution is 2.17. The number of aryl methyl sites for hydroxylation is 2. The smallest absolute Gasteiger partial charge is 0.253 e. The Bertz CT molecular complexity index is 891.